The van der Waals surface area contributed by atoms with Gasteiger partial charge in [0.2, 0.25) is 0 Å². The molecule has 16 heavy (non-hydrogen) atoms. The summed E-state index contributed by atoms with van der Waals surface area (Å²) in [6, 6.07) is 3.03. The molecule has 0 aromatic heterocycles. The Labute approximate surface area is 94.3 Å². The van der Waals surface area contributed by atoms with Gasteiger partial charge in [0.05, 0.1) is 13.2 Å². The van der Waals surface area contributed by atoms with Gasteiger partial charge in [0.15, 0.2) is 11.5 Å². The molecule has 0 aliphatic carbocycles. The van der Waals surface area contributed by atoms with E-state index in [9.17, 15) is 4.39 Å². The fraction of sp³-hybridized carbons (Fsp3) is 0.500. The summed E-state index contributed by atoms with van der Waals surface area (Å²) >= 11 is 0. The van der Waals surface area contributed by atoms with Crippen LogP contribution in [0.5, 0.6) is 11.5 Å². The lowest BCUT2D eigenvalue weighted by Gasteiger charge is -2.17. The van der Waals surface area contributed by atoms with Crippen LogP contribution in [0, 0.1) is 5.82 Å². The molecule has 0 saturated carbocycles. The quantitative estimate of drug-likeness (QED) is 0.837. The van der Waals surface area contributed by atoms with Gasteiger partial charge in [-0.15, -0.1) is 0 Å². The maximum absolute atomic E-state index is 13.8. The SMILES string of the molecule is CC(CN)c1c(F)ccc2c1OCCCO2. The van der Waals surface area contributed by atoms with Gasteiger partial charge in [-0.1, -0.05) is 6.92 Å². The van der Waals surface area contributed by atoms with E-state index in [2.05, 4.69) is 0 Å². The van der Waals surface area contributed by atoms with Crippen LogP contribution in [0.15, 0.2) is 12.1 Å². The fourth-order valence-electron chi connectivity index (χ4n) is 1.81. The van der Waals surface area contributed by atoms with Gasteiger partial charge in [0, 0.05) is 17.9 Å². The highest BCUT2D eigenvalue weighted by atomic mass is 19.1. The van der Waals surface area contributed by atoms with Crippen molar-refractivity contribution in [1.29, 1.82) is 0 Å². The minimum Gasteiger partial charge on any atom is -0.490 e. The van der Waals surface area contributed by atoms with Crippen LogP contribution in [0.25, 0.3) is 0 Å². The van der Waals surface area contributed by atoms with E-state index in [0.29, 0.717) is 36.8 Å². The molecule has 88 valence electrons. The van der Waals surface area contributed by atoms with Crippen molar-refractivity contribution in [3.8, 4) is 11.5 Å². The normalized spacial score (nSPS) is 16.7. The summed E-state index contributed by atoms with van der Waals surface area (Å²) in [6.45, 7) is 3.43. The maximum Gasteiger partial charge on any atom is 0.167 e. The Balaban J connectivity index is 2.48. The Morgan fingerprint density at radius 2 is 2.12 bits per heavy atom. The number of halogens is 1. The second-order valence-corrected chi connectivity index (χ2v) is 3.98. The molecule has 3 nitrogen and oxygen atoms in total. The first-order chi connectivity index (χ1) is 7.74. The average molecular weight is 225 g/mol. The van der Waals surface area contributed by atoms with Gasteiger partial charge in [-0.2, -0.15) is 0 Å². The Hall–Kier alpha value is -1.29. The van der Waals surface area contributed by atoms with Crippen molar-refractivity contribution in [2.45, 2.75) is 19.3 Å². The number of nitrogens with two attached hydrogens (primary N) is 1. The number of hydrogen-bond acceptors (Lipinski definition) is 3. The molecule has 1 aliphatic rings. The van der Waals surface area contributed by atoms with Crippen molar-refractivity contribution in [3.05, 3.63) is 23.5 Å². The van der Waals surface area contributed by atoms with Crippen LogP contribution in [0.2, 0.25) is 0 Å². The van der Waals surface area contributed by atoms with Crippen molar-refractivity contribution >= 4 is 0 Å². The lowest BCUT2D eigenvalue weighted by Crippen LogP contribution is -2.12. The first-order valence-electron chi connectivity index (χ1n) is 5.52. The van der Waals surface area contributed by atoms with E-state index >= 15 is 0 Å². The molecule has 0 fully saturated rings. The number of fused-ring (bicyclic) bond motifs is 1. The third-order valence-electron chi connectivity index (χ3n) is 2.75. The molecule has 0 bridgehead atoms. The van der Waals surface area contributed by atoms with Gasteiger partial charge in [0.1, 0.15) is 5.82 Å². The molecule has 1 heterocycles. The van der Waals surface area contributed by atoms with Crippen LogP contribution in [0.4, 0.5) is 4.39 Å². The standard InChI is InChI=1S/C12H16FNO2/c1-8(7-14)11-9(13)3-4-10-12(11)16-6-2-5-15-10/h3-4,8H,2,5-7,14H2,1H3. The summed E-state index contributed by atoms with van der Waals surface area (Å²) < 4.78 is 24.8. The first kappa shape index (κ1) is 11.2. The predicted octanol–water partition coefficient (Wildman–Crippen LogP) is 2.05. The molecular weight excluding hydrogens is 209 g/mol. The summed E-state index contributed by atoms with van der Waals surface area (Å²) in [5.74, 6) is 0.795. The Morgan fingerprint density at radius 1 is 1.38 bits per heavy atom. The molecule has 1 unspecified atom stereocenters. The zero-order chi connectivity index (χ0) is 11.5. The van der Waals surface area contributed by atoms with Crippen molar-refractivity contribution < 1.29 is 13.9 Å². The predicted molar refractivity (Wildman–Crippen MR) is 59.5 cm³/mol. The van der Waals surface area contributed by atoms with Crippen LogP contribution in [0.3, 0.4) is 0 Å². The van der Waals surface area contributed by atoms with E-state index in [1.54, 1.807) is 6.07 Å². The molecule has 1 aromatic rings. The molecule has 0 saturated heterocycles. The van der Waals surface area contributed by atoms with Gasteiger partial charge >= 0.3 is 0 Å². The number of benzene rings is 1. The van der Waals surface area contributed by atoms with E-state index in [0.717, 1.165) is 6.42 Å². The number of rotatable bonds is 2. The highest BCUT2D eigenvalue weighted by Crippen LogP contribution is 2.38. The smallest absolute Gasteiger partial charge is 0.167 e. The Bertz CT molecular complexity index is 382. The molecule has 1 atom stereocenters. The van der Waals surface area contributed by atoms with Crippen LogP contribution < -0.4 is 15.2 Å². The molecule has 1 aliphatic heterocycles. The summed E-state index contributed by atoms with van der Waals surface area (Å²) in [7, 11) is 0. The van der Waals surface area contributed by atoms with E-state index in [4.69, 9.17) is 15.2 Å². The zero-order valence-corrected chi connectivity index (χ0v) is 9.33. The molecule has 0 amide bonds. The third kappa shape index (κ3) is 1.97. The topological polar surface area (TPSA) is 44.5 Å². The van der Waals surface area contributed by atoms with E-state index in [1.807, 2.05) is 6.92 Å². The first-order valence-corrected chi connectivity index (χ1v) is 5.52. The molecule has 0 radical (unpaired) electrons. The van der Waals surface area contributed by atoms with Crippen LogP contribution >= 0.6 is 0 Å². The summed E-state index contributed by atoms with van der Waals surface area (Å²) in [6.07, 6.45) is 0.812. The molecule has 2 N–H and O–H groups in total. The van der Waals surface area contributed by atoms with E-state index in [1.165, 1.54) is 6.07 Å². The summed E-state index contributed by atoms with van der Waals surface area (Å²) in [5.41, 5.74) is 6.11. The van der Waals surface area contributed by atoms with Crippen molar-refractivity contribution in [3.63, 3.8) is 0 Å². The average Bonchev–Trinajstić information content (AvgIpc) is 2.53. The zero-order valence-electron chi connectivity index (χ0n) is 9.33. The largest absolute Gasteiger partial charge is 0.490 e. The highest BCUT2D eigenvalue weighted by molar-refractivity contribution is 5.49. The summed E-state index contributed by atoms with van der Waals surface area (Å²) in [5, 5.41) is 0. The Morgan fingerprint density at radius 3 is 2.88 bits per heavy atom. The van der Waals surface area contributed by atoms with Crippen LogP contribution in [0.1, 0.15) is 24.8 Å². The lowest BCUT2D eigenvalue weighted by molar-refractivity contribution is 0.295. The van der Waals surface area contributed by atoms with Gasteiger partial charge in [-0.3, -0.25) is 0 Å². The minimum atomic E-state index is -0.276. The van der Waals surface area contributed by atoms with Gasteiger partial charge < -0.3 is 15.2 Å². The van der Waals surface area contributed by atoms with Crippen LogP contribution in [-0.4, -0.2) is 19.8 Å². The molecule has 0 spiro atoms. The molecule has 2 rings (SSSR count). The molecular formula is C12H16FNO2. The number of ether oxygens (including phenoxy) is 2. The van der Waals surface area contributed by atoms with Gasteiger partial charge in [-0.05, 0) is 18.7 Å². The van der Waals surface area contributed by atoms with Gasteiger partial charge in [0.25, 0.3) is 0 Å². The van der Waals surface area contributed by atoms with Gasteiger partial charge in [-0.25, -0.2) is 4.39 Å². The third-order valence-corrected chi connectivity index (χ3v) is 2.75. The Kier molecular flexibility index (Phi) is 3.29. The molecule has 4 heteroatoms. The second kappa shape index (κ2) is 4.70. The number of hydrogen-bond donors (Lipinski definition) is 1. The van der Waals surface area contributed by atoms with Crippen LogP contribution in [-0.2, 0) is 0 Å². The highest BCUT2D eigenvalue weighted by Gasteiger charge is 2.21. The maximum atomic E-state index is 13.8. The monoisotopic (exact) mass is 225 g/mol. The van der Waals surface area contributed by atoms with Crippen molar-refractivity contribution in [2.75, 3.05) is 19.8 Å². The fourth-order valence-corrected chi connectivity index (χ4v) is 1.81. The van der Waals surface area contributed by atoms with E-state index < -0.39 is 0 Å². The second-order valence-electron chi connectivity index (χ2n) is 3.98. The van der Waals surface area contributed by atoms with Crippen molar-refractivity contribution in [1.82, 2.24) is 0 Å². The summed E-state index contributed by atoms with van der Waals surface area (Å²) in [4.78, 5) is 0. The molecule has 1 aromatic carbocycles. The minimum absolute atomic E-state index is 0.0725. The lowest BCUT2D eigenvalue weighted by atomic mass is 9.99. The van der Waals surface area contributed by atoms with Crippen molar-refractivity contribution in [2.24, 2.45) is 5.73 Å². The van der Waals surface area contributed by atoms with E-state index in [-0.39, 0.29) is 11.7 Å².